The van der Waals surface area contributed by atoms with Crippen molar-refractivity contribution in [3.63, 3.8) is 0 Å². The molecule has 166 valence electrons. The molecular formula is C25H37NO4. The van der Waals surface area contributed by atoms with Crippen LogP contribution in [0.15, 0.2) is 29.5 Å². The van der Waals surface area contributed by atoms with Gasteiger partial charge in [-0.05, 0) is 74.2 Å². The summed E-state index contributed by atoms with van der Waals surface area (Å²) in [7, 11) is 0. The first kappa shape index (κ1) is 21.8. The molecule has 4 aliphatic rings. The number of hydrogen-bond donors (Lipinski definition) is 2. The summed E-state index contributed by atoms with van der Waals surface area (Å²) < 4.78 is 0. The summed E-state index contributed by atoms with van der Waals surface area (Å²) in [4.78, 5) is 18.6. The largest absolute Gasteiger partial charge is 0.396 e. The van der Waals surface area contributed by atoms with E-state index in [9.17, 15) is 15.0 Å². The highest BCUT2D eigenvalue weighted by molar-refractivity contribution is 5.95. The maximum absolute atomic E-state index is 13.1. The van der Waals surface area contributed by atoms with Crippen molar-refractivity contribution in [1.29, 1.82) is 0 Å². The molecule has 3 saturated carbocycles. The van der Waals surface area contributed by atoms with E-state index in [0.29, 0.717) is 37.2 Å². The summed E-state index contributed by atoms with van der Waals surface area (Å²) >= 11 is 0. The normalized spacial score (nSPS) is 45.8. The first-order valence-electron chi connectivity index (χ1n) is 11.6. The fourth-order valence-electron chi connectivity index (χ4n) is 7.43. The van der Waals surface area contributed by atoms with E-state index in [2.05, 4.69) is 32.5 Å². The third-order valence-electron chi connectivity index (χ3n) is 9.05. The molecule has 4 rings (SSSR count). The molecule has 0 aliphatic heterocycles. The van der Waals surface area contributed by atoms with Crippen LogP contribution in [-0.2, 0) is 9.63 Å². The zero-order valence-corrected chi connectivity index (χ0v) is 18.6. The molecule has 3 fully saturated rings. The second-order valence-electron chi connectivity index (χ2n) is 10.6. The highest BCUT2D eigenvalue weighted by atomic mass is 16.6. The Morgan fingerprint density at radius 2 is 1.93 bits per heavy atom. The van der Waals surface area contributed by atoms with E-state index in [-0.39, 0.29) is 22.5 Å². The quantitative estimate of drug-likeness (QED) is 0.307. The highest BCUT2D eigenvalue weighted by Gasteiger charge is 2.60. The van der Waals surface area contributed by atoms with Crippen molar-refractivity contribution in [3.8, 4) is 0 Å². The van der Waals surface area contributed by atoms with Gasteiger partial charge in [-0.25, -0.2) is 0 Å². The fourth-order valence-corrected chi connectivity index (χ4v) is 7.43. The zero-order valence-electron chi connectivity index (χ0n) is 18.6. The van der Waals surface area contributed by atoms with Gasteiger partial charge in [0.1, 0.15) is 6.61 Å². The molecule has 4 aliphatic carbocycles. The van der Waals surface area contributed by atoms with Gasteiger partial charge in [-0.1, -0.05) is 30.7 Å². The predicted molar refractivity (Wildman–Crippen MR) is 117 cm³/mol. The Kier molecular flexibility index (Phi) is 5.73. The van der Waals surface area contributed by atoms with E-state index in [1.807, 2.05) is 12.2 Å². The minimum Gasteiger partial charge on any atom is -0.396 e. The Morgan fingerprint density at radius 3 is 2.67 bits per heavy atom. The molecule has 0 saturated heterocycles. The van der Waals surface area contributed by atoms with E-state index in [1.54, 1.807) is 0 Å². The summed E-state index contributed by atoms with van der Waals surface area (Å²) in [5, 5.41) is 25.0. The van der Waals surface area contributed by atoms with Crippen molar-refractivity contribution < 1.29 is 19.8 Å². The van der Waals surface area contributed by atoms with Crippen LogP contribution in [0.3, 0.4) is 0 Å². The van der Waals surface area contributed by atoms with Gasteiger partial charge in [-0.15, -0.1) is 6.58 Å². The highest BCUT2D eigenvalue weighted by Crippen LogP contribution is 2.65. The summed E-state index contributed by atoms with van der Waals surface area (Å²) in [6.45, 7) is 10.9. The average molecular weight is 416 g/mol. The lowest BCUT2D eigenvalue weighted by Gasteiger charge is -2.57. The number of ketones is 1. The van der Waals surface area contributed by atoms with Gasteiger partial charge in [0, 0.05) is 18.3 Å². The lowest BCUT2D eigenvalue weighted by molar-refractivity contribution is -0.142. The smallest absolute Gasteiger partial charge is 0.159 e. The summed E-state index contributed by atoms with van der Waals surface area (Å²) in [5.41, 5.74) is 2.20. The minimum atomic E-state index is -0.786. The van der Waals surface area contributed by atoms with E-state index in [4.69, 9.17) is 4.84 Å². The van der Waals surface area contributed by atoms with Crippen molar-refractivity contribution in [2.24, 2.45) is 39.7 Å². The molecule has 0 aromatic carbocycles. The summed E-state index contributed by atoms with van der Waals surface area (Å²) in [6, 6.07) is 0. The maximum Gasteiger partial charge on any atom is 0.159 e. The maximum atomic E-state index is 13.1. The molecular weight excluding hydrogens is 378 g/mol. The van der Waals surface area contributed by atoms with Gasteiger partial charge in [0.05, 0.1) is 17.9 Å². The molecule has 0 amide bonds. The van der Waals surface area contributed by atoms with Crippen molar-refractivity contribution in [1.82, 2.24) is 0 Å². The van der Waals surface area contributed by atoms with Gasteiger partial charge in [-0.3, -0.25) is 4.79 Å². The molecule has 2 N–H and O–H groups in total. The second-order valence-corrected chi connectivity index (χ2v) is 10.6. The first-order chi connectivity index (χ1) is 14.2. The van der Waals surface area contributed by atoms with Gasteiger partial charge in [0.15, 0.2) is 5.78 Å². The van der Waals surface area contributed by atoms with Crippen LogP contribution in [-0.4, -0.2) is 40.5 Å². The number of aliphatic hydroxyl groups is 2. The van der Waals surface area contributed by atoms with Crippen LogP contribution >= 0.6 is 0 Å². The molecule has 8 unspecified atom stereocenters. The number of carbonyl (C=O) groups excluding carboxylic acids is 1. The fraction of sp³-hybridized carbons (Fsp3) is 0.760. The second kappa shape index (κ2) is 7.90. The average Bonchev–Trinajstić information content (AvgIpc) is 3.05. The zero-order chi connectivity index (χ0) is 21.7. The monoisotopic (exact) mass is 415 g/mol. The van der Waals surface area contributed by atoms with Crippen LogP contribution in [0, 0.1) is 34.5 Å². The topological polar surface area (TPSA) is 79.1 Å². The number of carbonyl (C=O) groups is 1. The van der Waals surface area contributed by atoms with Crippen LogP contribution in [0.5, 0.6) is 0 Å². The number of hydrogen-bond acceptors (Lipinski definition) is 5. The Balaban J connectivity index is 1.60. The van der Waals surface area contributed by atoms with Gasteiger partial charge >= 0.3 is 0 Å². The third kappa shape index (κ3) is 3.29. The molecule has 0 bridgehead atoms. The number of fused-ring (bicyclic) bond motifs is 5. The van der Waals surface area contributed by atoms with Gasteiger partial charge in [-0.2, -0.15) is 0 Å². The lowest BCUT2D eigenvalue weighted by Crippen LogP contribution is -2.55. The Morgan fingerprint density at radius 1 is 1.20 bits per heavy atom. The number of allylic oxidation sites excluding steroid dienone is 2. The van der Waals surface area contributed by atoms with Gasteiger partial charge in [0.2, 0.25) is 0 Å². The number of oxime groups is 1. The molecule has 30 heavy (non-hydrogen) atoms. The van der Waals surface area contributed by atoms with Crippen LogP contribution in [0.1, 0.15) is 65.7 Å². The molecule has 0 aromatic heterocycles. The van der Waals surface area contributed by atoms with Crippen LogP contribution in [0.2, 0.25) is 0 Å². The number of nitrogens with zero attached hydrogens (tertiary/aromatic N) is 1. The summed E-state index contributed by atoms with van der Waals surface area (Å²) in [5.74, 6) is 1.05. The van der Waals surface area contributed by atoms with Crippen molar-refractivity contribution in [2.45, 2.75) is 77.9 Å². The van der Waals surface area contributed by atoms with Gasteiger partial charge < -0.3 is 15.1 Å². The van der Waals surface area contributed by atoms with E-state index >= 15 is 0 Å². The molecule has 0 spiro atoms. The molecule has 5 nitrogen and oxygen atoms in total. The Labute approximate surface area is 180 Å². The van der Waals surface area contributed by atoms with Crippen LogP contribution in [0.25, 0.3) is 0 Å². The summed E-state index contributed by atoms with van der Waals surface area (Å²) in [6.07, 6.45) is 8.20. The molecule has 0 heterocycles. The van der Waals surface area contributed by atoms with E-state index < -0.39 is 12.2 Å². The van der Waals surface area contributed by atoms with Crippen molar-refractivity contribution >= 4 is 11.5 Å². The van der Waals surface area contributed by atoms with Crippen LogP contribution in [0.4, 0.5) is 0 Å². The van der Waals surface area contributed by atoms with Crippen molar-refractivity contribution in [2.75, 3.05) is 6.61 Å². The molecule has 5 heteroatoms. The number of aliphatic hydroxyl groups excluding tert-OH is 2. The molecule has 0 aromatic rings. The predicted octanol–water partition coefficient (Wildman–Crippen LogP) is 4.04. The third-order valence-corrected chi connectivity index (χ3v) is 9.05. The van der Waals surface area contributed by atoms with E-state index in [0.717, 1.165) is 37.8 Å². The van der Waals surface area contributed by atoms with Crippen molar-refractivity contribution in [3.05, 3.63) is 24.3 Å². The Hall–Kier alpha value is -1.46. The molecule has 8 atom stereocenters. The van der Waals surface area contributed by atoms with E-state index in [1.165, 1.54) is 5.57 Å². The van der Waals surface area contributed by atoms with Crippen LogP contribution < -0.4 is 0 Å². The molecule has 0 radical (unpaired) electrons. The van der Waals surface area contributed by atoms with Gasteiger partial charge in [0.25, 0.3) is 0 Å². The SMILES string of the molecule is C=CCCO/N=C(\C)C1CCC2C3=CC(=O)C4CC(O)C(O)CC4(C)C3CCC21C. The Bertz CT molecular complexity index is 773. The lowest BCUT2D eigenvalue weighted by atomic mass is 9.47. The standard InChI is InChI=1S/C25H37NO4/c1-5-6-11-30-26-15(2)17-7-8-18-16-12-21(27)20-13-22(28)23(29)14-25(20,4)19(16)9-10-24(17,18)3/h5,12,17-20,22-23,28-29H,1,6-11,13-14H2,2-4H3/b26-15+. The minimum absolute atomic E-state index is 0.0913. The first-order valence-corrected chi connectivity index (χ1v) is 11.6. The number of rotatable bonds is 5.